The summed E-state index contributed by atoms with van der Waals surface area (Å²) >= 11 is 1.70. The summed E-state index contributed by atoms with van der Waals surface area (Å²) in [7, 11) is 0. The SMILES string of the molecule is CC(=O)c1ccc(Sc2ccccc2)cc1.O. The Morgan fingerprint density at radius 3 is 1.94 bits per heavy atom. The molecule has 0 spiro atoms. The predicted molar refractivity (Wildman–Crippen MR) is 70.6 cm³/mol. The normalized spacial score (nSPS) is 9.47. The smallest absolute Gasteiger partial charge is 0.159 e. The van der Waals surface area contributed by atoms with Gasteiger partial charge in [-0.2, -0.15) is 0 Å². The largest absolute Gasteiger partial charge is 0.412 e. The summed E-state index contributed by atoms with van der Waals surface area (Å²) in [5, 5.41) is 0. The summed E-state index contributed by atoms with van der Waals surface area (Å²) in [6.07, 6.45) is 0. The number of hydrogen-bond acceptors (Lipinski definition) is 2. The van der Waals surface area contributed by atoms with Gasteiger partial charge in [0.25, 0.3) is 0 Å². The summed E-state index contributed by atoms with van der Waals surface area (Å²) in [5.74, 6) is 0.108. The first-order chi connectivity index (χ1) is 7.75. The molecule has 2 rings (SSSR count). The molecule has 0 aromatic heterocycles. The van der Waals surface area contributed by atoms with Crippen molar-refractivity contribution >= 4 is 17.5 Å². The quantitative estimate of drug-likeness (QED) is 0.781. The zero-order chi connectivity index (χ0) is 11.4. The van der Waals surface area contributed by atoms with Gasteiger partial charge in [-0.05, 0) is 31.2 Å². The van der Waals surface area contributed by atoms with Crippen LogP contribution in [0, 0.1) is 0 Å². The molecule has 0 radical (unpaired) electrons. The van der Waals surface area contributed by atoms with Crippen molar-refractivity contribution in [2.45, 2.75) is 16.7 Å². The topological polar surface area (TPSA) is 48.6 Å². The van der Waals surface area contributed by atoms with Gasteiger partial charge in [-0.15, -0.1) is 0 Å². The van der Waals surface area contributed by atoms with Gasteiger partial charge in [0.05, 0.1) is 0 Å². The Bertz CT molecular complexity index is 477. The first-order valence-corrected chi connectivity index (χ1v) is 5.91. The van der Waals surface area contributed by atoms with Crippen molar-refractivity contribution in [2.24, 2.45) is 0 Å². The van der Waals surface area contributed by atoms with Crippen LogP contribution in [0.1, 0.15) is 17.3 Å². The highest BCUT2D eigenvalue weighted by Crippen LogP contribution is 2.27. The first kappa shape index (κ1) is 13.5. The van der Waals surface area contributed by atoms with E-state index in [4.69, 9.17) is 0 Å². The van der Waals surface area contributed by atoms with E-state index >= 15 is 0 Å². The summed E-state index contributed by atoms with van der Waals surface area (Å²) in [6, 6.07) is 17.9. The average molecular weight is 246 g/mol. The minimum Gasteiger partial charge on any atom is -0.412 e. The van der Waals surface area contributed by atoms with Crippen LogP contribution in [0.5, 0.6) is 0 Å². The van der Waals surface area contributed by atoms with Gasteiger partial charge in [-0.3, -0.25) is 4.79 Å². The third-order valence-electron chi connectivity index (χ3n) is 2.24. The lowest BCUT2D eigenvalue weighted by Crippen LogP contribution is -1.90. The molecule has 0 atom stereocenters. The van der Waals surface area contributed by atoms with Gasteiger partial charge in [0, 0.05) is 15.4 Å². The van der Waals surface area contributed by atoms with Crippen molar-refractivity contribution in [1.29, 1.82) is 0 Å². The molecule has 2 aromatic carbocycles. The third kappa shape index (κ3) is 3.73. The van der Waals surface area contributed by atoms with E-state index in [1.807, 2.05) is 42.5 Å². The van der Waals surface area contributed by atoms with Crippen molar-refractivity contribution < 1.29 is 10.3 Å². The van der Waals surface area contributed by atoms with Gasteiger partial charge in [0.1, 0.15) is 0 Å². The summed E-state index contributed by atoms with van der Waals surface area (Å²) in [5.41, 5.74) is 0.761. The van der Waals surface area contributed by atoms with Gasteiger partial charge in [-0.1, -0.05) is 42.1 Å². The molecule has 0 bridgehead atoms. The van der Waals surface area contributed by atoms with Gasteiger partial charge in [0.15, 0.2) is 5.78 Å². The van der Waals surface area contributed by atoms with E-state index in [1.54, 1.807) is 18.7 Å². The van der Waals surface area contributed by atoms with Crippen LogP contribution in [0.25, 0.3) is 0 Å². The second kappa shape index (κ2) is 6.23. The molecule has 0 heterocycles. The van der Waals surface area contributed by atoms with Crippen LogP contribution in [-0.4, -0.2) is 11.3 Å². The molecule has 3 heteroatoms. The van der Waals surface area contributed by atoms with E-state index in [1.165, 1.54) is 4.90 Å². The molecule has 0 saturated heterocycles. The van der Waals surface area contributed by atoms with E-state index in [2.05, 4.69) is 12.1 Å². The Balaban J connectivity index is 0.00000144. The molecule has 0 unspecified atom stereocenters. The minimum absolute atomic E-state index is 0. The number of carbonyl (C=O) groups is 1. The first-order valence-electron chi connectivity index (χ1n) is 5.09. The van der Waals surface area contributed by atoms with Crippen LogP contribution in [0.3, 0.4) is 0 Å². The van der Waals surface area contributed by atoms with Crippen molar-refractivity contribution in [3.8, 4) is 0 Å². The summed E-state index contributed by atoms with van der Waals surface area (Å²) in [6.45, 7) is 1.58. The number of Topliss-reactive ketones (excluding diaryl/α,β-unsaturated/α-hetero) is 1. The van der Waals surface area contributed by atoms with E-state index in [0.717, 1.165) is 10.5 Å². The zero-order valence-corrected chi connectivity index (χ0v) is 10.3. The number of benzene rings is 2. The molecule has 0 aliphatic carbocycles. The number of carbonyl (C=O) groups excluding carboxylic acids is 1. The summed E-state index contributed by atoms with van der Waals surface area (Å²) < 4.78 is 0. The molecule has 0 aliphatic rings. The molecule has 0 amide bonds. The molecule has 88 valence electrons. The Kier molecular flexibility index (Phi) is 4.94. The third-order valence-corrected chi connectivity index (χ3v) is 3.26. The molecule has 0 saturated carbocycles. The second-order valence-electron chi connectivity index (χ2n) is 3.50. The minimum atomic E-state index is 0. The van der Waals surface area contributed by atoms with Gasteiger partial charge in [0.2, 0.25) is 0 Å². The summed E-state index contributed by atoms with van der Waals surface area (Å²) in [4.78, 5) is 13.5. The van der Waals surface area contributed by atoms with E-state index in [9.17, 15) is 4.79 Å². The maximum atomic E-state index is 11.1. The maximum Gasteiger partial charge on any atom is 0.159 e. The lowest BCUT2D eigenvalue weighted by molar-refractivity contribution is 0.101. The molecule has 0 fully saturated rings. The molecule has 2 nitrogen and oxygen atoms in total. The molecule has 0 aliphatic heterocycles. The number of ketones is 1. The monoisotopic (exact) mass is 246 g/mol. The highest BCUT2D eigenvalue weighted by molar-refractivity contribution is 7.99. The Morgan fingerprint density at radius 2 is 1.41 bits per heavy atom. The van der Waals surface area contributed by atoms with Crippen molar-refractivity contribution in [1.82, 2.24) is 0 Å². The lowest BCUT2D eigenvalue weighted by Gasteiger charge is -2.02. The van der Waals surface area contributed by atoms with Gasteiger partial charge < -0.3 is 5.48 Å². The lowest BCUT2D eigenvalue weighted by atomic mass is 10.2. The highest BCUT2D eigenvalue weighted by atomic mass is 32.2. The van der Waals surface area contributed by atoms with Gasteiger partial charge >= 0.3 is 0 Å². The zero-order valence-electron chi connectivity index (χ0n) is 9.51. The second-order valence-corrected chi connectivity index (χ2v) is 4.64. The fourth-order valence-corrected chi connectivity index (χ4v) is 2.22. The van der Waals surface area contributed by atoms with Crippen LogP contribution in [0.4, 0.5) is 0 Å². The van der Waals surface area contributed by atoms with Gasteiger partial charge in [-0.25, -0.2) is 0 Å². The van der Waals surface area contributed by atoms with Crippen molar-refractivity contribution in [3.05, 3.63) is 60.2 Å². The van der Waals surface area contributed by atoms with Crippen molar-refractivity contribution in [2.75, 3.05) is 0 Å². The van der Waals surface area contributed by atoms with Crippen LogP contribution in [0.2, 0.25) is 0 Å². The van der Waals surface area contributed by atoms with E-state index < -0.39 is 0 Å². The number of hydrogen-bond donors (Lipinski definition) is 0. The molecule has 2 aromatic rings. The highest BCUT2D eigenvalue weighted by Gasteiger charge is 2.00. The predicted octanol–water partition coefficient (Wildman–Crippen LogP) is 3.22. The fraction of sp³-hybridized carbons (Fsp3) is 0.0714. The Labute approximate surface area is 105 Å². The number of rotatable bonds is 3. The fourth-order valence-electron chi connectivity index (χ4n) is 1.38. The standard InChI is InChI=1S/C14H12OS.H2O/c1-11(15)12-7-9-14(10-8-12)16-13-5-3-2-4-6-13;/h2-10H,1H3;1H2. The van der Waals surface area contributed by atoms with Crippen LogP contribution in [0.15, 0.2) is 64.4 Å². The van der Waals surface area contributed by atoms with E-state index in [0.29, 0.717) is 0 Å². The van der Waals surface area contributed by atoms with Crippen LogP contribution in [-0.2, 0) is 0 Å². The molecule has 2 N–H and O–H groups in total. The Hall–Kier alpha value is -1.58. The van der Waals surface area contributed by atoms with Crippen molar-refractivity contribution in [3.63, 3.8) is 0 Å². The Morgan fingerprint density at radius 1 is 0.882 bits per heavy atom. The average Bonchev–Trinajstić information content (AvgIpc) is 2.31. The van der Waals surface area contributed by atoms with Crippen LogP contribution < -0.4 is 0 Å². The molecule has 17 heavy (non-hydrogen) atoms. The molecular weight excluding hydrogens is 232 g/mol. The molecular formula is C14H14O2S. The van der Waals surface area contributed by atoms with E-state index in [-0.39, 0.29) is 11.3 Å². The van der Waals surface area contributed by atoms with Crippen LogP contribution >= 0.6 is 11.8 Å². The maximum absolute atomic E-state index is 11.1.